The van der Waals surface area contributed by atoms with Crippen LogP contribution in [0.25, 0.3) is 0 Å². The van der Waals surface area contributed by atoms with E-state index in [0.29, 0.717) is 18.6 Å². The Hall–Kier alpha value is -4.47. The summed E-state index contributed by atoms with van der Waals surface area (Å²) < 4.78 is 7.88. The lowest BCUT2D eigenvalue weighted by Gasteiger charge is -2.21. The molecular formula is C32H44N4O7S. The second-order valence-electron chi connectivity index (χ2n) is 8.71. The maximum absolute atomic E-state index is 12.8. The molecule has 2 rings (SSSR count). The Morgan fingerprint density at radius 3 is 1.91 bits per heavy atom. The third-order valence-electron chi connectivity index (χ3n) is 5.46. The number of allylic oxidation sites excluding steroid dienone is 3. The smallest absolute Gasteiger partial charge is 0.328 e. The molecular weight excluding hydrogens is 584 g/mol. The molecule has 0 aliphatic heterocycles. The van der Waals surface area contributed by atoms with Gasteiger partial charge in [-0.2, -0.15) is 0 Å². The van der Waals surface area contributed by atoms with Gasteiger partial charge >= 0.3 is 5.97 Å². The number of terminal acetylenes is 1. The van der Waals surface area contributed by atoms with E-state index in [1.54, 1.807) is 31.2 Å². The van der Waals surface area contributed by atoms with E-state index in [1.807, 2.05) is 52.8 Å². The Labute approximate surface area is 265 Å². The van der Waals surface area contributed by atoms with Crippen molar-refractivity contribution in [2.24, 2.45) is 0 Å². The van der Waals surface area contributed by atoms with E-state index in [9.17, 15) is 29.8 Å². The number of hydrogen-bond donors (Lipinski definition) is 2. The molecule has 0 spiro atoms. The molecule has 0 radical (unpaired) electrons. The van der Waals surface area contributed by atoms with Crippen LogP contribution in [0.4, 0.5) is 11.4 Å². The lowest BCUT2D eigenvalue weighted by Crippen LogP contribution is -2.49. The lowest BCUT2D eigenvalue weighted by atomic mass is 10.0. The van der Waals surface area contributed by atoms with Gasteiger partial charge in [-0.1, -0.05) is 86.3 Å². The number of amides is 1. The van der Waals surface area contributed by atoms with Crippen LogP contribution in [-0.4, -0.2) is 46.7 Å². The lowest BCUT2D eigenvalue weighted by molar-refractivity contribution is -0.385. The fourth-order valence-electron chi connectivity index (χ4n) is 3.15. The SMILES string of the molecule is C#C.C/C=C\C=C(/C)CSNC(Cc1ccc([N+](=O)[O-])cc1)C(=O)NC(CC)C(=O)OC.CC.Cc1ccc([N+](=O)[O-])cc1. The van der Waals surface area contributed by atoms with E-state index in [1.165, 1.54) is 43.3 Å². The second kappa shape index (κ2) is 25.1. The Morgan fingerprint density at radius 2 is 1.48 bits per heavy atom. The number of nitro benzene ring substituents is 2. The molecule has 2 unspecified atom stereocenters. The summed E-state index contributed by atoms with van der Waals surface area (Å²) in [6.45, 7) is 11.6. The number of methoxy groups -OCH3 is 1. The highest BCUT2D eigenvalue weighted by Crippen LogP contribution is 2.15. The molecule has 0 saturated carbocycles. The first-order valence-corrected chi connectivity index (χ1v) is 14.8. The monoisotopic (exact) mass is 628 g/mol. The fraction of sp³-hybridized carbons (Fsp3) is 0.375. The van der Waals surface area contributed by atoms with E-state index in [4.69, 9.17) is 4.74 Å². The Kier molecular flexibility index (Phi) is 23.7. The zero-order valence-electron chi connectivity index (χ0n) is 26.4. The first-order valence-electron chi connectivity index (χ1n) is 13.8. The summed E-state index contributed by atoms with van der Waals surface area (Å²) in [5.74, 6) is -0.173. The van der Waals surface area contributed by atoms with Gasteiger partial charge in [0.1, 0.15) is 6.04 Å². The van der Waals surface area contributed by atoms with Gasteiger partial charge in [-0.25, -0.2) is 4.79 Å². The molecule has 0 aromatic heterocycles. The summed E-state index contributed by atoms with van der Waals surface area (Å²) in [5, 5.41) is 23.7. The van der Waals surface area contributed by atoms with Crippen LogP contribution in [0.3, 0.4) is 0 Å². The van der Waals surface area contributed by atoms with Crippen LogP contribution in [-0.2, 0) is 20.7 Å². The van der Waals surface area contributed by atoms with Gasteiger partial charge in [0.05, 0.1) is 23.0 Å². The van der Waals surface area contributed by atoms with Crippen molar-refractivity contribution in [1.29, 1.82) is 0 Å². The molecule has 12 heteroatoms. The van der Waals surface area contributed by atoms with Gasteiger partial charge in [-0.15, -0.1) is 12.8 Å². The van der Waals surface area contributed by atoms with Crippen LogP contribution in [0.15, 0.2) is 72.3 Å². The minimum Gasteiger partial charge on any atom is -0.467 e. The second-order valence-corrected chi connectivity index (χ2v) is 9.52. The van der Waals surface area contributed by atoms with E-state index in [-0.39, 0.29) is 17.3 Å². The minimum absolute atomic E-state index is 0.0106. The molecule has 0 aliphatic rings. The van der Waals surface area contributed by atoms with E-state index in [2.05, 4.69) is 22.9 Å². The molecule has 0 bridgehead atoms. The summed E-state index contributed by atoms with van der Waals surface area (Å²) in [4.78, 5) is 44.7. The van der Waals surface area contributed by atoms with Crippen molar-refractivity contribution in [3.05, 3.63) is 104 Å². The number of carbonyl (C=O) groups excluding carboxylic acids is 2. The predicted octanol–water partition coefficient (Wildman–Crippen LogP) is 6.51. The van der Waals surface area contributed by atoms with Crippen molar-refractivity contribution in [3.8, 4) is 12.8 Å². The third kappa shape index (κ3) is 17.5. The van der Waals surface area contributed by atoms with E-state index in [0.717, 1.165) is 16.7 Å². The van der Waals surface area contributed by atoms with Gasteiger partial charge in [-0.3, -0.25) is 29.7 Å². The molecule has 1 amide bonds. The van der Waals surface area contributed by atoms with Gasteiger partial charge in [0.25, 0.3) is 11.4 Å². The molecule has 2 atom stereocenters. The number of carbonyl (C=O) groups is 2. The van der Waals surface area contributed by atoms with Gasteiger partial charge < -0.3 is 10.1 Å². The van der Waals surface area contributed by atoms with Crippen molar-refractivity contribution in [1.82, 2.24) is 10.0 Å². The van der Waals surface area contributed by atoms with E-state index >= 15 is 0 Å². The molecule has 0 heterocycles. The molecule has 0 aliphatic carbocycles. The molecule has 0 fully saturated rings. The highest BCUT2D eigenvalue weighted by atomic mass is 32.2. The average molecular weight is 629 g/mol. The van der Waals surface area contributed by atoms with Crippen molar-refractivity contribution in [2.45, 2.75) is 66.5 Å². The molecule has 0 saturated heterocycles. The maximum atomic E-state index is 12.8. The number of esters is 1. The van der Waals surface area contributed by atoms with Gasteiger partial charge in [0.2, 0.25) is 5.91 Å². The van der Waals surface area contributed by atoms with Crippen LogP contribution < -0.4 is 10.0 Å². The normalized spacial score (nSPS) is 11.6. The number of rotatable bonds is 13. The number of benzene rings is 2. The highest BCUT2D eigenvalue weighted by Gasteiger charge is 2.25. The van der Waals surface area contributed by atoms with Crippen LogP contribution >= 0.6 is 11.9 Å². The first kappa shape index (κ1) is 41.7. The summed E-state index contributed by atoms with van der Waals surface area (Å²) in [5.41, 5.74) is 3.06. The number of nitro groups is 2. The molecule has 44 heavy (non-hydrogen) atoms. The molecule has 2 N–H and O–H groups in total. The molecule has 11 nitrogen and oxygen atoms in total. The quantitative estimate of drug-likeness (QED) is 0.0631. The fourth-order valence-corrected chi connectivity index (χ4v) is 3.95. The number of hydrogen-bond acceptors (Lipinski definition) is 9. The summed E-state index contributed by atoms with van der Waals surface area (Å²) in [7, 11) is 1.28. The summed E-state index contributed by atoms with van der Waals surface area (Å²) in [6, 6.07) is 11.1. The number of aryl methyl sites for hydroxylation is 1. The zero-order chi connectivity index (χ0) is 34.1. The zero-order valence-corrected chi connectivity index (χ0v) is 27.3. The Bertz CT molecular complexity index is 1230. The number of ether oxygens (including phenoxy) is 1. The van der Waals surface area contributed by atoms with Gasteiger partial charge in [0.15, 0.2) is 0 Å². The van der Waals surface area contributed by atoms with Crippen LogP contribution in [0, 0.1) is 40.0 Å². The minimum atomic E-state index is -0.731. The Balaban J connectivity index is 0. The van der Waals surface area contributed by atoms with Crippen molar-refractivity contribution in [2.75, 3.05) is 12.9 Å². The molecule has 240 valence electrons. The maximum Gasteiger partial charge on any atom is 0.328 e. The topological polar surface area (TPSA) is 154 Å². The van der Waals surface area contributed by atoms with Crippen molar-refractivity contribution < 1.29 is 24.2 Å². The summed E-state index contributed by atoms with van der Waals surface area (Å²) in [6.07, 6.45) is 14.6. The Morgan fingerprint density at radius 1 is 0.977 bits per heavy atom. The number of nitrogens with one attached hydrogen (secondary N) is 2. The number of non-ortho nitro benzene ring substituents is 2. The summed E-state index contributed by atoms with van der Waals surface area (Å²) >= 11 is 1.39. The average Bonchev–Trinajstić information content (AvgIpc) is 3.04. The molecule has 2 aromatic carbocycles. The van der Waals surface area contributed by atoms with Gasteiger partial charge in [0, 0.05) is 30.0 Å². The first-order chi connectivity index (χ1) is 21.0. The highest BCUT2D eigenvalue weighted by molar-refractivity contribution is 7.97. The van der Waals surface area contributed by atoms with Crippen LogP contribution in [0.2, 0.25) is 0 Å². The number of nitrogens with zero attached hydrogens (tertiary/aromatic N) is 2. The predicted molar refractivity (Wildman–Crippen MR) is 178 cm³/mol. The van der Waals surface area contributed by atoms with Crippen molar-refractivity contribution >= 4 is 35.2 Å². The van der Waals surface area contributed by atoms with Crippen LogP contribution in [0.1, 0.15) is 52.2 Å². The van der Waals surface area contributed by atoms with Gasteiger partial charge in [-0.05, 0) is 39.2 Å². The standard InChI is InChI=1S/C21H29N3O5S.C7H7NO2.C2H6.C2H2/c1-5-7-8-15(3)14-30-23-19(20(25)22-18(6-2)21(26)29-4)13-16-9-11-17(12-10-16)24(27)28;1-6-2-4-7(5-3-6)8(9)10;2*1-2/h5,7-12,18-19,23H,6,13-14H2,1-4H3,(H,22,25);2-5H,1H3;1-2H3;1-2H/b7-5-,15-8+;;;. The van der Waals surface area contributed by atoms with Crippen LogP contribution in [0.5, 0.6) is 0 Å². The van der Waals surface area contributed by atoms with Crippen molar-refractivity contribution in [3.63, 3.8) is 0 Å². The largest absolute Gasteiger partial charge is 0.467 e. The van der Waals surface area contributed by atoms with E-state index < -0.39 is 27.9 Å². The molecule has 2 aromatic rings. The third-order valence-corrected chi connectivity index (χ3v) is 6.51.